The van der Waals surface area contributed by atoms with E-state index in [0.717, 1.165) is 17.7 Å². The topological polar surface area (TPSA) is 48.0 Å². The van der Waals surface area contributed by atoms with E-state index >= 15 is 0 Å². The molecule has 0 aromatic heterocycles. The van der Waals surface area contributed by atoms with Gasteiger partial charge >= 0.3 is 0 Å². The molecule has 116 valence electrons. The number of aryl methyl sites for hydroxylation is 1. The van der Waals surface area contributed by atoms with E-state index in [4.69, 9.17) is 14.2 Å². The zero-order valence-corrected chi connectivity index (χ0v) is 13.1. The monoisotopic (exact) mass is 293 g/mol. The van der Waals surface area contributed by atoms with Crippen molar-refractivity contribution in [3.8, 4) is 5.75 Å². The van der Waals surface area contributed by atoms with Gasteiger partial charge in [-0.05, 0) is 31.0 Å². The fraction of sp³-hybridized carbons (Fsp3) is 0.562. The predicted octanol–water partition coefficient (Wildman–Crippen LogP) is 1.88. The third kappa shape index (κ3) is 3.36. The van der Waals surface area contributed by atoms with Gasteiger partial charge in [0.05, 0.1) is 25.9 Å². The number of amides is 1. The van der Waals surface area contributed by atoms with Gasteiger partial charge in [0.15, 0.2) is 0 Å². The van der Waals surface area contributed by atoms with Gasteiger partial charge in [0.2, 0.25) is 0 Å². The number of methoxy groups -OCH3 is 3. The van der Waals surface area contributed by atoms with Gasteiger partial charge in [-0.3, -0.25) is 4.79 Å². The largest absolute Gasteiger partial charge is 0.496 e. The van der Waals surface area contributed by atoms with Crippen molar-refractivity contribution in [2.45, 2.75) is 25.5 Å². The second-order valence-corrected chi connectivity index (χ2v) is 5.34. The molecule has 0 saturated carbocycles. The lowest BCUT2D eigenvalue weighted by Gasteiger charge is -2.24. The summed E-state index contributed by atoms with van der Waals surface area (Å²) in [4.78, 5) is 14.6. The van der Waals surface area contributed by atoms with Gasteiger partial charge in [0.25, 0.3) is 5.91 Å². The van der Waals surface area contributed by atoms with E-state index < -0.39 is 0 Å². The summed E-state index contributed by atoms with van der Waals surface area (Å²) < 4.78 is 15.9. The van der Waals surface area contributed by atoms with E-state index in [1.807, 2.05) is 24.0 Å². The minimum absolute atomic E-state index is 0.00472. The summed E-state index contributed by atoms with van der Waals surface area (Å²) in [7, 11) is 4.94. The Morgan fingerprint density at radius 1 is 1.33 bits per heavy atom. The van der Waals surface area contributed by atoms with Crippen LogP contribution in [0.5, 0.6) is 5.75 Å². The van der Waals surface area contributed by atoms with E-state index in [1.165, 1.54) is 0 Å². The predicted molar refractivity (Wildman–Crippen MR) is 79.8 cm³/mol. The third-order valence-electron chi connectivity index (χ3n) is 3.98. The van der Waals surface area contributed by atoms with E-state index in [2.05, 4.69) is 0 Å². The highest BCUT2D eigenvalue weighted by molar-refractivity contribution is 5.95. The van der Waals surface area contributed by atoms with Crippen LogP contribution in [0.4, 0.5) is 0 Å². The molecule has 0 N–H and O–H groups in total. The zero-order valence-electron chi connectivity index (χ0n) is 13.1. The fourth-order valence-corrected chi connectivity index (χ4v) is 2.76. The molecule has 0 aliphatic carbocycles. The molecular formula is C16H23NO4. The molecule has 0 unspecified atom stereocenters. The Hall–Kier alpha value is -1.59. The van der Waals surface area contributed by atoms with Crippen LogP contribution in [-0.4, -0.2) is 57.4 Å². The van der Waals surface area contributed by atoms with Crippen molar-refractivity contribution in [1.29, 1.82) is 0 Å². The summed E-state index contributed by atoms with van der Waals surface area (Å²) in [5.74, 6) is 0.724. The minimum atomic E-state index is -0.00472. The molecule has 1 fully saturated rings. The summed E-state index contributed by atoms with van der Waals surface area (Å²) >= 11 is 0. The molecule has 21 heavy (non-hydrogen) atoms. The summed E-state index contributed by atoms with van der Waals surface area (Å²) in [6.07, 6.45) is 0.875. The molecule has 1 heterocycles. The summed E-state index contributed by atoms with van der Waals surface area (Å²) in [5, 5.41) is 0. The van der Waals surface area contributed by atoms with Gasteiger partial charge < -0.3 is 19.1 Å². The highest BCUT2D eigenvalue weighted by Crippen LogP contribution is 2.25. The number of carbonyl (C=O) groups excluding carboxylic acids is 1. The third-order valence-corrected chi connectivity index (χ3v) is 3.98. The Bertz CT molecular complexity index is 503. The van der Waals surface area contributed by atoms with E-state index in [-0.39, 0.29) is 18.1 Å². The van der Waals surface area contributed by atoms with Crippen molar-refractivity contribution in [3.05, 3.63) is 29.3 Å². The second-order valence-electron chi connectivity index (χ2n) is 5.34. The Balaban J connectivity index is 2.21. The molecule has 1 amide bonds. The Kier molecular flexibility index (Phi) is 5.20. The highest BCUT2D eigenvalue weighted by Gasteiger charge is 2.35. The van der Waals surface area contributed by atoms with Crippen LogP contribution in [-0.2, 0) is 9.47 Å². The molecule has 1 aromatic carbocycles. The Morgan fingerprint density at radius 2 is 2.10 bits per heavy atom. The number of likely N-dealkylation sites (tertiary alicyclic amines) is 1. The van der Waals surface area contributed by atoms with Crippen LogP contribution in [0.2, 0.25) is 0 Å². The van der Waals surface area contributed by atoms with Crippen LogP contribution in [0.15, 0.2) is 18.2 Å². The van der Waals surface area contributed by atoms with Crippen LogP contribution < -0.4 is 4.74 Å². The SMILES string of the molecule is COC[C@@H]1C[C@@H](OC)CN1C(=O)c1ccc(C)c(OC)c1. The van der Waals surface area contributed by atoms with Crippen LogP contribution in [0.3, 0.4) is 0 Å². The van der Waals surface area contributed by atoms with E-state index in [9.17, 15) is 4.79 Å². The van der Waals surface area contributed by atoms with Gasteiger partial charge in [-0.15, -0.1) is 0 Å². The van der Waals surface area contributed by atoms with Crippen molar-refractivity contribution in [2.75, 3.05) is 34.5 Å². The molecule has 0 bridgehead atoms. The number of hydrogen-bond donors (Lipinski definition) is 0. The number of nitrogens with zero attached hydrogens (tertiary/aromatic N) is 1. The van der Waals surface area contributed by atoms with Gasteiger partial charge in [-0.1, -0.05) is 6.07 Å². The lowest BCUT2D eigenvalue weighted by Crippen LogP contribution is -2.38. The van der Waals surface area contributed by atoms with Crippen molar-refractivity contribution < 1.29 is 19.0 Å². The lowest BCUT2D eigenvalue weighted by molar-refractivity contribution is 0.0612. The maximum atomic E-state index is 12.7. The van der Waals surface area contributed by atoms with Crippen molar-refractivity contribution in [2.24, 2.45) is 0 Å². The average Bonchev–Trinajstić information content (AvgIpc) is 2.90. The molecule has 5 heteroatoms. The van der Waals surface area contributed by atoms with Crippen molar-refractivity contribution >= 4 is 5.91 Å². The summed E-state index contributed by atoms with van der Waals surface area (Å²) in [6, 6.07) is 5.59. The molecule has 0 spiro atoms. The first-order chi connectivity index (χ1) is 10.1. The molecule has 1 aliphatic rings. The first kappa shape index (κ1) is 15.8. The average molecular weight is 293 g/mol. The fourth-order valence-electron chi connectivity index (χ4n) is 2.76. The number of rotatable bonds is 5. The van der Waals surface area contributed by atoms with Gasteiger partial charge in [-0.2, -0.15) is 0 Å². The van der Waals surface area contributed by atoms with Crippen molar-refractivity contribution in [3.63, 3.8) is 0 Å². The second kappa shape index (κ2) is 6.91. The molecule has 2 rings (SSSR count). The van der Waals surface area contributed by atoms with Crippen LogP contribution in [0.25, 0.3) is 0 Å². The number of hydrogen-bond acceptors (Lipinski definition) is 4. The number of ether oxygens (including phenoxy) is 3. The van der Waals surface area contributed by atoms with E-state index in [1.54, 1.807) is 27.4 Å². The molecule has 5 nitrogen and oxygen atoms in total. The number of carbonyl (C=O) groups is 1. The zero-order chi connectivity index (χ0) is 15.4. The van der Waals surface area contributed by atoms with Crippen LogP contribution >= 0.6 is 0 Å². The quantitative estimate of drug-likeness (QED) is 0.831. The first-order valence-electron chi connectivity index (χ1n) is 7.08. The number of benzene rings is 1. The van der Waals surface area contributed by atoms with Gasteiger partial charge in [0, 0.05) is 26.3 Å². The lowest BCUT2D eigenvalue weighted by atomic mass is 10.1. The molecular weight excluding hydrogens is 270 g/mol. The highest BCUT2D eigenvalue weighted by atomic mass is 16.5. The first-order valence-corrected chi connectivity index (χ1v) is 7.08. The molecule has 1 aliphatic heterocycles. The smallest absolute Gasteiger partial charge is 0.254 e. The molecule has 0 radical (unpaired) electrons. The van der Waals surface area contributed by atoms with Gasteiger partial charge in [-0.25, -0.2) is 0 Å². The summed E-state index contributed by atoms with van der Waals surface area (Å²) in [5.41, 5.74) is 1.65. The maximum absolute atomic E-state index is 12.7. The molecule has 2 atom stereocenters. The minimum Gasteiger partial charge on any atom is -0.496 e. The van der Waals surface area contributed by atoms with Crippen molar-refractivity contribution in [1.82, 2.24) is 4.90 Å². The normalized spacial score (nSPS) is 21.6. The molecule has 1 saturated heterocycles. The molecule has 1 aromatic rings. The van der Waals surface area contributed by atoms with Crippen LogP contribution in [0.1, 0.15) is 22.3 Å². The standard InChI is InChI=1S/C16H23NO4/c1-11-5-6-12(7-15(11)21-4)16(18)17-9-14(20-3)8-13(17)10-19-2/h5-7,13-14H,8-10H2,1-4H3/t13-,14+/m0/s1. The van der Waals surface area contributed by atoms with Crippen LogP contribution in [0, 0.1) is 6.92 Å². The maximum Gasteiger partial charge on any atom is 0.254 e. The van der Waals surface area contributed by atoms with Gasteiger partial charge in [0.1, 0.15) is 5.75 Å². The Labute approximate surface area is 125 Å². The van der Waals surface area contributed by atoms with E-state index in [0.29, 0.717) is 18.7 Å². The Morgan fingerprint density at radius 3 is 2.71 bits per heavy atom. The summed E-state index contributed by atoms with van der Waals surface area (Å²) in [6.45, 7) is 3.08.